The van der Waals surface area contributed by atoms with Crippen molar-refractivity contribution >= 4 is 11.7 Å². The quantitative estimate of drug-likeness (QED) is 0.632. The number of carboxylic acids is 1. The molecular formula is C11H12N2O3. The number of carbonyl (C=O) groups is 1. The van der Waals surface area contributed by atoms with Crippen LogP contribution in [0.5, 0.6) is 0 Å². The number of aromatic nitrogens is 1. The molecule has 0 bridgehead atoms. The van der Waals surface area contributed by atoms with E-state index in [0.717, 1.165) is 0 Å². The van der Waals surface area contributed by atoms with Crippen molar-refractivity contribution < 1.29 is 15.0 Å². The molecule has 0 saturated heterocycles. The monoisotopic (exact) mass is 220 g/mol. The number of nitrogens with zero attached hydrogens (tertiary/aromatic N) is 1. The third-order valence-corrected chi connectivity index (χ3v) is 1.94. The average molecular weight is 220 g/mol. The van der Waals surface area contributed by atoms with Gasteiger partial charge in [-0.1, -0.05) is 0 Å². The van der Waals surface area contributed by atoms with E-state index in [9.17, 15) is 4.79 Å². The van der Waals surface area contributed by atoms with Crippen LogP contribution in [0.3, 0.4) is 0 Å². The average Bonchev–Trinajstić information content (AvgIpc) is 2.29. The van der Waals surface area contributed by atoms with Crippen LogP contribution in [0.25, 0.3) is 0 Å². The SMILES string of the molecule is C#CCC(CO)Nc1ccc(C(=O)O)nc1. The first-order valence-electron chi connectivity index (χ1n) is 4.67. The van der Waals surface area contributed by atoms with Crippen molar-refractivity contribution in [3.63, 3.8) is 0 Å². The van der Waals surface area contributed by atoms with Gasteiger partial charge in [-0.3, -0.25) is 0 Å². The molecule has 84 valence electrons. The maximum atomic E-state index is 10.5. The second kappa shape index (κ2) is 5.73. The van der Waals surface area contributed by atoms with Crippen LogP contribution in [0.4, 0.5) is 5.69 Å². The van der Waals surface area contributed by atoms with Crippen molar-refractivity contribution in [2.24, 2.45) is 0 Å². The normalized spacial score (nSPS) is 11.5. The van der Waals surface area contributed by atoms with Crippen LogP contribution in [0.1, 0.15) is 16.9 Å². The first kappa shape index (κ1) is 12.0. The number of aromatic carboxylic acids is 1. The first-order valence-corrected chi connectivity index (χ1v) is 4.67. The van der Waals surface area contributed by atoms with E-state index < -0.39 is 5.97 Å². The van der Waals surface area contributed by atoms with Crippen LogP contribution >= 0.6 is 0 Å². The molecular weight excluding hydrogens is 208 g/mol. The number of nitrogens with one attached hydrogen (secondary N) is 1. The molecule has 0 aliphatic heterocycles. The van der Waals surface area contributed by atoms with Gasteiger partial charge in [0.2, 0.25) is 0 Å². The zero-order valence-corrected chi connectivity index (χ0v) is 8.55. The molecule has 0 radical (unpaired) electrons. The minimum Gasteiger partial charge on any atom is -0.477 e. The second-order valence-electron chi connectivity index (χ2n) is 3.17. The second-order valence-corrected chi connectivity index (χ2v) is 3.17. The fourth-order valence-corrected chi connectivity index (χ4v) is 1.14. The molecule has 0 saturated carbocycles. The Hall–Kier alpha value is -2.06. The van der Waals surface area contributed by atoms with Crippen LogP contribution in [-0.4, -0.2) is 33.8 Å². The molecule has 0 spiro atoms. The maximum Gasteiger partial charge on any atom is 0.354 e. The van der Waals surface area contributed by atoms with Gasteiger partial charge in [0.15, 0.2) is 0 Å². The van der Waals surface area contributed by atoms with Gasteiger partial charge in [0.25, 0.3) is 0 Å². The van der Waals surface area contributed by atoms with Crippen molar-refractivity contribution in [1.82, 2.24) is 4.98 Å². The lowest BCUT2D eigenvalue weighted by molar-refractivity contribution is 0.0690. The Morgan fingerprint density at radius 2 is 2.38 bits per heavy atom. The van der Waals surface area contributed by atoms with E-state index in [1.54, 1.807) is 6.07 Å². The molecule has 1 atom stereocenters. The number of aliphatic hydroxyl groups excluding tert-OH is 1. The standard InChI is InChI=1S/C11H12N2O3/c1-2-3-9(7-14)13-8-4-5-10(11(15)16)12-6-8/h1,4-6,9,13-14H,3,7H2,(H,15,16). The van der Waals surface area contributed by atoms with Crippen LogP contribution in [0, 0.1) is 12.3 Å². The van der Waals surface area contributed by atoms with E-state index in [-0.39, 0.29) is 18.3 Å². The molecule has 5 heteroatoms. The molecule has 16 heavy (non-hydrogen) atoms. The third-order valence-electron chi connectivity index (χ3n) is 1.94. The summed E-state index contributed by atoms with van der Waals surface area (Å²) in [6, 6.07) is 2.72. The largest absolute Gasteiger partial charge is 0.477 e. The summed E-state index contributed by atoms with van der Waals surface area (Å²) in [5.74, 6) is 1.36. The van der Waals surface area contributed by atoms with Crippen molar-refractivity contribution in [2.45, 2.75) is 12.5 Å². The van der Waals surface area contributed by atoms with Crippen molar-refractivity contribution in [2.75, 3.05) is 11.9 Å². The van der Waals surface area contributed by atoms with Gasteiger partial charge in [0.05, 0.1) is 24.5 Å². The summed E-state index contributed by atoms with van der Waals surface area (Å²) >= 11 is 0. The summed E-state index contributed by atoms with van der Waals surface area (Å²) in [6.45, 7) is -0.0924. The molecule has 0 fully saturated rings. The molecule has 0 aromatic carbocycles. The van der Waals surface area contributed by atoms with Gasteiger partial charge in [-0.25, -0.2) is 9.78 Å². The lowest BCUT2D eigenvalue weighted by Gasteiger charge is -2.14. The lowest BCUT2D eigenvalue weighted by Crippen LogP contribution is -2.23. The summed E-state index contributed by atoms with van der Waals surface area (Å²) in [7, 11) is 0. The molecule has 1 aromatic rings. The molecule has 0 aliphatic carbocycles. The van der Waals surface area contributed by atoms with Gasteiger partial charge >= 0.3 is 5.97 Å². The van der Waals surface area contributed by atoms with Gasteiger partial charge < -0.3 is 15.5 Å². The number of anilines is 1. The van der Waals surface area contributed by atoms with Crippen molar-refractivity contribution in [3.05, 3.63) is 24.0 Å². The van der Waals surface area contributed by atoms with Gasteiger partial charge in [-0.05, 0) is 12.1 Å². The highest BCUT2D eigenvalue weighted by Crippen LogP contribution is 2.09. The van der Waals surface area contributed by atoms with Gasteiger partial charge in [0, 0.05) is 6.42 Å². The number of rotatable bonds is 5. The van der Waals surface area contributed by atoms with E-state index in [1.165, 1.54) is 12.3 Å². The van der Waals surface area contributed by atoms with E-state index >= 15 is 0 Å². The molecule has 1 aromatic heterocycles. The fraction of sp³-hybridized carbons (Fsp3) is 0.273. The molecule has 3 N–H and O–H groups in total. The maximum absolute atomic E-state index is 10.5. The Morgan fingerprint density at radius 3 is 2.81 bits per heavy atom. The smallest absolute Gasteiger partial charge is 0.354 e. The topological polar surface area (TPSA) is 82.5 Å². The van der Waals surface area contributed by atoms with E-state index in [4.69, 9.17) is 16.6 Å². The van der Waals surface area contributed by atoms with Gasteiger partial charge in [-0.15, -0.1) is 12.3 Å². The van der Waals surface area contributed by atoms with E-state index in [0.29, 0.717) is 12.1 Å². The Kier molecular flexibility index (Phi) is 4.30. The molecule has 0 aliphatic rings. The summed E-state index contributed by atoms with van der Waals surface area (Å²) in [4.78, 5) is 14.3. The summed E-state index contributed by atoms with van der Waals surface area (Å²) in [5.41, 5.74) is 0.599. The van der Waals surface area contributed by atoms with E-state index in [2.05, 4.69) is 16.2 Å². The highest BCUT2D eigenvalue weighted by Gasteiger charge is 2.07. The van der Waals surface area contributed by atoms with Gasteiger partial charge in [-0.2, -0.15) is 0 Å². The number of pyridine rings is 1. The van der Waals surface area contributed by atoms with Gasteiger partial charge in [0.1, 0.15) is 5.69 Å². The minimum absolute atomic E-state index is 0.0250. The number of hydrogen-bond donors (Lipinski definition) is 3. The molecule has 5 nitrogen and oxygen atoms in total. The lowest BCUT2D eigenvalue weighted by atomic mass is 10.2. The summed E-state index contributed by atoms with van der Waals surface area (Å²) < 4.78 is 0. The molecule has 1 heterocycles. The minimum atomic E-state index is -1.08. The summed E-state index contributed by atoms with van der Waals surface area (Å²) in [5, 5.41) is 20.6. The van der Waals surface area contributed by atoms with Crippen LogP contribution in [-0.2, 0) is 0 Å². The van der Waals surface area contributed by atoms with Crippen LogP contribution < -0.4 is 5.32 Å². The number of aliphatic hydroxyl groups is 1. The third kappa shape index (κ3) is 3.26. The predicted octanol–water partition coefficient (Wildman–Crippen LogP) is 0.576. The fourth-order valence-electron chi connectivity index (χ4n) is 1.14. The number of carboxylic acid groups (broad SMARTS) is 1. The van der Waals surface area contributed by atoms with E-state index in [1.807, 2.05) is 0 Å². The molecule has 0 amide bonds. The Bertz CT molecular complexity index is 395. The highest BCUT2D eigenvalue weighted by molar-refractivity contribution is 5.85. The Morgan fingerprint density at radius 1 is 1.62 bits per heavy atom. The highest BCUT2D eigenvalue weighted by atomic mass is 16.4. The predicted molar refractivity (Wildman–Crippen MR) is 59.1 cm³/mol. The first-order chi connectivity index (χ1) is 7.67. The Balaban J connectivity index is 2.68. The van der Waals surface area contributed by atoms with Crippen LogP contribution in [0.15, 0.2) is 18.3 Å². The summed E-state index contributed by atoms with van der Waals surface area (Å²) in [6.07, 6.45) is 6.91. The zero-order chi connectivity index (χ0) is 12.0. The Labute approximate surface area is 93.1 Å². The van der Waals surface area contributed by atoms with Crippen LogP contribution in [0.2, 0.25) is 0 Å². The van der Waals surface area contributed by atoms with Crippen molar-refractivity contribution in [1.29, 1.82) is 0 Å². The zero-order valence-electron chi connectivity index (χ0n) is 8.55. The molecule has 1 rings (SSSR count). The molecule has 1 unspecified atom stereocenters. The number of hydrogen-bond acceptors (Lipinski definition) is 4. The number of terminal acetylenes is 1. The van der Waals surface area contributed by atoms with Crippen molar-refractivity contribution in [3.8, 4) is 12.3 Å².